The molecule has 3 atom stereocenters. The molecule has 7 rings (SSSR count). The van der Waals surface area contributed by atoms with E-state index in [2.05, 4.69) is 58.1 Å². The lowest BCUT2D eigenvalue weighted by molar-refractivity contribution is -0.211. The van der Waals surface area contributed by atoms with Gasteiger partial charge in [-0.25, -0.2) is 9.97 Å². The molecule has 0 unspecified atom stereocenters. The smallest absolute Gasteiger partial charge is 0.224 e. The molecule has 12 nitrogen and oxygen atoms in total. The quantitative estimate of drug-likeness (QED) is 0.0608. The average Bonchev–Trinajstić information content (AvgIpc) is 3.74. The second kappa shape index (κ2) is 17.5. The third-order valence-electron chi connectivity index (χ3n) is 12.7. The van der Waals surface area contributed by atoms with E-state index in [1.165, 1.54) is 19.3 Å². The van der Waals surface area contributed by atoms with Crippen molar-refractivity contribution in [1.82, 2.24) is 19.4 Å². The number of hydrogen-bond acceptors (Lipinski definition) is 10. The summed E-state index contributed by atoms with van der Waals surface area (Å²) >= 11 is 0. The number of rotatable bonds is 17. The summed E-state index contributed by atoms with van der Waals surface area (Å²) in [6.45, 7) is 12.6. The van der Waals surface area contributed by atoms with Crippen LogP contribution in [0.2, 0.25) is 0 Å². The number of aromatic nitrogens is 3. The van der Waals surface area contributed by atoms with Crippen LogP contribution >= 0.6 is 0 Å². The van der Waals surface area contributed by atoms with Crippen molar-refractivity contribution in [3.05, 3.63) is 66.1 Å². The van der Waals surface area contributed by atoms with Crippen molar-refractivity contribution in [2.45, 2.75) is 128 Å². The summed E-state index contributed by atoms with van der Waals surface area (Å²) in [7, 11) is 3.30. The molecular formula is C46H65N7O5. The Morgan fingerprint density at radius 1 is 0.948 bits per heavy atom. The summed E-state index contributed by atoms with van der Waals surface area (Å²) in [5.74, 6) is 2.70. The van der Waals surface area contributed by atoms with Gasteiger partial charge in [-0.2, -0.15) is 0 Å². The lowest BCUT2D eigenvalue weighted by Gasteiger charge is -2.46. The highest BCUT2D eigenvalue weighted by atomic mass is 16.6. The monoisotopic (exact) mass is 796 g/mol. The summed E-state index contributed by atoms with van der Waals surface area (Å²) in [4.78, 5) is 25.2. The number of nitrogen functional groups attached to an aromatic ring is 1. The summed E-state index contributed by atoms with van der Waals surface area (Å²) < 4.78 is 19.7. The molecule has 0 saturated heterocycles. The summed E-state index contributed by atoms with van der Waals surface area (Å²) in [5.41, 5.74) is 10.5. The van der Waals surface area contributed by atoms with Crippen LogP contribution in [0.1, 0.15) is 110 Å². The van der Waals surface area contributed by atoms with Crippen LogP contribution in [-0.4, -0.2) is 75.7 Å². The number of fused-ring (bicyclic) bond motifs is 1. The molecule has 3 aliphatic carbocycles. The summed E-state index contributed by atoms with van der Waals surface area (Å²) in [6, 6.07) is 14.4. The highest BCUT2D eigenvalue weighted by Crippen LogP contribution is 2.44. The Labute approximate surface area is 344 Å². The van der Waals surface area contributed by atoms with Crippen molar-refractivity contribution in [1.29, 1.82) is 0 Å². The number of benzene rings is 2. The Morgan fingerprint density at radius 3 is 2.41 bits per heavy atom. The van der Waals surface area contributed by atoms with Crippen molar-refractivity contribution in [2.75, 3.05) is 43.7 Å². The van der Waals surface area contributed by atoms with E-state index in [0.717, 1.165) is 90.6 Å². The van der Waals surface area contributed by atoms with Gasteiger partial charge in [0.15, 0.2) is 5.79 Å². The molecule has 0 aliphatic heterocycles. The number of amides is 1. The SMILES string of the molecule is COc1ccc(CNc2ncnc3c2ccn3[C@@H]2C[C@H](CN(CC3CCC3)C3CC(CCC(=O)Nc4cc(C(C)(C)C)ccc4N)C3)C[C@H]2OC(C)(C)O)c(OC)c1. The number of anilines is 3. The molecule has 4 aromatic rings. The Balaban J connectivity index is 0.997. The zero-order valence-corrected chi connectivity index (χ0v) is 35.6. The highest BCUT2D eigenvalue weighted by Gasteiger charge is 2.43. The van der Waals surface area contributed by atoms with E-state index >= 15 is 0 Å². The van der Waals surface area contributed by atoms with Gasteiger partial charge in [-0.15, -0.1) is 0 Å². The minimum Gasteiger partial charge on any atom is -0.497 e. The summed E-state index contributed by atoms with van der Waals surface area (Å²) in [5, 5.41) is 18.4. The zero-order chi connectivity index (χ0) is 41.2. The Morgan fingerprint density at radius 2 is 1.72 bits per heavy atom. The number of nitrogens with two attached hydrogens (primary N) is 1. The number of aliphatic hydroxyl groups is 1. The molecule has 2 aromatic carbocycles. The van der Waals surface area contributed by atoms with E-state index in [-0.39, 0.29) is 23.5 Å². The molecule has 0 spiro atoms. The predicted octanol–water partition coefficient (Wildman–Crippen LogP) is 8.30. The molecule has 0 radical (unpaired) electrons. The molecule has 12 heteroatoms. The average molecular weight is 796 g/mol. The maximum atomic E-state index is 13.1. The summed E-state index contributed by atoms with van der Waals surface area (Å²) in [6.07, 6.45) is 12.9. The van der Waals surface area contributed by atoms with Gasteiger partial charge in [0.1, 0.15) is 29.3 Å². The van der Waals surface area contributed by atoms with E-state index in [1.807, 2.05) is 36.4 Å². The van der Waals surface area contributed by atoms with E-state index in [0.29, 0.717) is 42.2 Å². The fraction of sp³-hybridized carbons (Fsp3) is 0.587. The van der Waals surface area contributed by atoms with Crippen LogP contribution in [0, 0.1) is 17.8 Å². The topological polar surface area (TPSA) is 149 Å². The second-order valence-electron chi connectivity index (χ2n) is 18.6. The van der Waals surface area contributed by atoms with Gasteiger partial charge in [0.25, 0.3) is 0 Å². The number of hydrogen-bond donors (Lipinski definition) is 4. The van der Waals surface area contributed by atoms with Gasteiger partial charge in [0, 0.05) is 49.9 Å². The molecule has 2 aromatic heterocycles. The number of carbonyl (C=O) groups excluding carboxylic acids is 1. The molecule has 3 aliphatic rings. The van der Waals surface area contributed by atoms with Crippen molar-refractivity contribution in [3.63, 3.8) is 0 Å². The molecule has 314 valence electrons. The van der Waals surface area contributed by atoms with Gasteiger partial charge in [-0.1, -0.05) is 33.3 Å². The van der Waals surface area contributed by atoms with Gasteiger partial charge in [-0.05, 0) is 118 Å². The first kappa shape index (κ1) is 41.8. The number of carbonyl (C=O) groups is 1. The molecule has 3 saturated carbocycles. The van der Waals surface area contributed by atoms with Gasteiger partial charge in [0.05, 0.1) is 43.1 Å². The molecule has 0 bridgehead atoms. The van der Waals surface area contributed by atoms with Crippen LogP contribution in [0.3, 0.4) is 0 Å². The molecule has 2 heterocycles. The third-order valence-corrected chi connectivity index (χ3v) is 12.7. The van der Waals surface area contributed by atoms with Crippen molar-refractivity contribution < 1.29 is 24.1 Å². The maximum Gasteiger partial charge on any atom is 0.224 e. The van der Waals surface area contributed by atoms with E-state index in [1.54, 1.807) is 34.4 Å². The van der Waals surface area contributed by atoms with Crippen molar-refractivity contribution >= 4 is 34.1 Å². The van der Waals surface area contributed by atoms with E-state index in [9.17, 15) is 9.90 Å². The van der Waals surface area contributed by atoms with Crippen LogP contribution in [0.15, 0.2) is 55.0 Å². The van der Waals surface area contributed by atoms with Gasteiger partial charge in [-0.3, -0.25) is 9.69 Å². The zero-order valence-electron chi connectivity index (χ0n) is 35.6. The van der Waals surface area contributed by atoms with E-state index < -0.39 is 5.79 Å². The van der Waals surface area contributed by atoms with E-state index in [4.69, 9.17) is 24.9 Å². The van der Waals surface area contributed by atoms with Crippen molar-refractivity contribution in [3.8, 4) is 11.5 Å². The van der Waals surface area contributed by atoms with Crippen LogP contribution in [0.5, 0.6) is 11.5 Å². The maximum absolute atomic E-state index is 13.1. The van der Waals surface area contributed by atoms with Gasteiger partial charge >= 0.3 is 0 Å². The Kier molecular flexibility index (Phi) is 12.6. The molecule has 58 heavy (non-hydrogen) atoms. The van der Waals surface area contributed by atoms with Crippen LogP contribution < -0.4 is 25.8 Å². The predicted molar refractivity (Wildman–Crippen MR) is 230 cm³/mol. The largest absolute Gasteiger partial charge is 0.497 e. The van der Waals surface area contributed by atoms with Gasteiger partial charge < -0.3 is 40.3 Å². The minimum absolute atomic E-state index is 0.00897. The molecule has 3 fully saturated rings. The third kappa shape index (κ3) is 9.89. The Bertz CT molecular complexity index is 2030. The number of nitrogens with zero attached hydrogens (tertiary/aromatic N) is 4. The number of methoxy groups -OCH3 is 2. The standard InChI is InChI=1S/C46H65N7O5/c1-45(2,3)33-13-15-37(47)38(23-33)51-42(54)16-11-30-19-34(20-30)52(26-29-9-8-10-29)27-31-21-39(41(22-31)58-46(4,5)55)53-18-17-36-43(49-28-50-44(36)53)48-25-32-12-14-35(56-6)24-40(32)57-7/h12-15,17-18,23-24,28-31,34,39,41,55H,8-11,16,19-22,25-27,47H2,1-7H3,(H,51,54)(H,48,49,50)/t30?,31-,34?,39+,41+/m0/s1. The fourth-order valence-electron chi connectivity index (χ4n) is 9.19. The van der Waals surface area contributed by atoms with Crippen molar-refractivity contribution in [2.24, 2.45) is 17.8 Å². The Hall–Kier alpha value is -4.39. The highest BCUT2D eigenvalue weighted by molar-refractivity contribution is 5.94. The molecule has 5 N–H and O–H groups in total. The minimum atomic E-state index is -1.26. The van der Waals surface area contributed by atoms with Gasteiger partial charge in [0.2, 0.25) is 5.91 Å². The first-order valence-electron chi connectivity index (χ1n) is 21.3. The van der Waals surface area contributed by atoms with Crippen LogP contribution in [-0.2, 0) is 21.5 Å². The molecular weight excluding hydrogens is 731 g/mol. The second-order valence-corrected chi connectivity index (χ2v) is 18.6. The number of ether oxygens (including phenoxy) is 3. The normalized spacial score (nSPS) is 22.5. The fourth-order valence-corrected chi connectivity index (χ4v) is 9.19. The lowest BCUT2D eigenvalue weighted by atomic mass is 9.75. The molecule has 1 amide bonds. The lowest BCUT2D eigenvalue weighted by Crippen LogP contribution is -2.49. The first-order valence-corrected chi connectivity index (χ1v) is 21.3. The first-order chi connectivity index (χ1) is 27.7. The number of nitrogens with one attached hydrogen (secondary N) is 2. The van der Waals surface area contributed by atoms with Crippen LogP contribution in [0.25, 0.3) is 11.0 Å². The van der Waals surface area contributed by atoms with Crippen LogP contribution in [0.4, 0.5) is 17.2 Å².